The number of fused-ring (bicyclic) bond motifs is 3. The van der Waals surface area contributed by atoms with Crippen molar-refractivity contribution in [2.24, 2.45) is 0 Å². The zero-order valence-electron chi connectivity index (χ0n) is 33.6. The quantitative estimate of drug-likeness (QED) is 0.0637. The zero-order chi connectivity index (χ0) is 36.1. The van der Waals surface area contributed by atoms with E-state index in [0.717, 1.165) is 0 Å². The lowest BCUT2D eigenvalue weighted by molar-refractivity contribution is 0.655. The fourth-order valence-electron chi connectivity index (χ4n) is 8.90. The molecule has 1 aliphatic rings. The summed E-state index contributed by atoms with van der Waals surface area (Å²) in [5.74, 6) is 0. The molecule has 0 spiro atoms. The zero-order valence-corrected chi connectivity index (χ0v) is 33.6. The minimum Gasteiger partial charge on any atom is -0.0654 e. The first-order valence-electron chi connectivity index (χ1n) is 21.4. The third-order valence-electron chi connectivity index (χ3n) is 11.7. The van der Waals surface area contributed by atoms with Gasteiger partial charge in [0.25, 0.3) is 0 Å². The van der Waals surface area contributed by atoms with E-state index in [1.807, 2.05) is 0 Å². The molecule has 4 aromatic rings. The Morgan fingerprint density at radius 2 is 0.667 bits per heavy atom. The Bertz CT molecular complexity index is 1480. The summed E-state index contributed by atoms with van der Waals surface area (Å²) >= 11 is 0. The third-order valence-corrected chi connectivity index (χ3v) is 11.7. The number of aryl methyl sites for hydroxylation is 6. The largest absolute Gasteiger partial charge is 0.0714 e. The normalized spacial score (nSPS) is 13.1. The predicted octanol–water partition coefficient (Wildman–Crippen LogP) is 15.2. The molecule has 1 aliphatic carbocycles. The van der Waals surface area contributed by atoms with Crippen LogP contribution in [-0.2, 0) is 31.1 Å². The average Bonchev–Trinajstić information content (AvgIpc) is 3.41. The Morgan fingerprint density at radius 3 is 0.961 bits per heavy atom. The Hall–Kier alpha value is -3.12. The van der Waals surface area contributed by atoms with E-state index in [2.05, 4.69) is 114 Å². The molecule has 0 unspecified atom stereocenters. The van der Waals surface area contributed by atoms with Crippen LogP contribution in [0.25, 0.3) is 11.1 Å². The van der Waals surface area contributed by atoms with Gasteiger partial charge in [-0.1, -0.05) is 189 Å². The van der Waals surface area contributed by atoms with Crippen molar-refractivity contribution in [3.63, 3.8) is 0 Å². The summed E-state index contributed by atoms with van der Waals surface area (Å²) in [4.78, 5) is 0. The van der Waals surface area contributed by atoms with Crippen LogP contribution in [0.3, 0.4) is 0 Å². The predicted molar refractivity (Wildman–Crippen MR) is 225 cm³/mol. The van der Waals surface area contributed by atoms with E-state index < -0.39 is 0 Å². The van der Waals surface area contributed by atoms with Crippen LogP contribution < -0.4 is 0 Å². The van der Waals surface area contributed by atoms with Gasteiger partial charge in [-0.05, 0) is 121 Å². The topological polar surface area (TPSA) is 0 Å². The highest BCUT2D eigenvalue weighted by Crippen LogP contribution is 2.57. The lowest BCUT2D eigenvalue weighted by Gasteiger charge is -2.36. The Balaban J connectivity index is 1.77. The first-order chi connectivity index (χ1) is 24.9. The van der Waals surface area contributed by atoms with Gasteiger partial charge in [-0.2, -0.15) is 0 Å². The summed E-state index contributed by atoms with van der Waals surface area (Å²) in [5, 5.41) is 0. The molecule has 0 nitrogen and oxygen atoms in total. The fourth-order valence-corrected chi connectivity index (χ4v) is 8.90. The van der Waals surface area contributed by atoms with E-state index in [1.54, 1.807) is 22.3 Å². The van der Waals surface area contributed by atoms with Crippen LogP contribution in [0.15, 0.2) is 72.8 Å². The van der Waals surface area contributed by atoms with Gasteiger partial charge in [0, 0.05) is 0 Å². The van der Waals surface area contributed by atoms with Crippen LogP contribution in [0.2, 0.25) is 0 Å². The number of unbranched alkanes of at least 4 members (excludes halogenated alkanes) is 12. The Morgan fingerprint density at radius 1 is 0.353 bits per heavy atom. The molecule has 0 saturated carbocycles. The molecule has 0 fully saturated rings. The third kappa shape index (κ3) is 9.66. The summed E-state index contributed by atoms with van der Waals surface area (Å²) in [6, 6.07) is 30.4. The molecule has 274 valence electrons. The standard InChI is InChI=1S/C51H70/c1-7-11-15-19-23-41-33-42(24-20-16-12-8-2)36-45(35-41)51(49-31-39(5)27-29-47(49)48-30-28-40(6)32-50(48)51)46-37-43(25-21-17-13-9-3)34-44(38-46)26-22-18-14-10-4/h27-38H,7-26H2,1-6H3. The molecule has 0 heterocycles. The van der Waals surface area contributed by atoms with Gasteiger partial charge in [0.05, 0.1) is 5.41 Å². The summed E-state index contributed by atoms with van der Waals surface area (Å²) in [7, 11) is 0. The molecule has 0 heteroatoms. The summed E-state index contributed by atoms with van der Waals surface area (Å²) in [5.41, 5.74) is 17.4. The molecule has 0 amide bonds. The number of rotatable bonds is 22. The van der Waals surface area contributed by atoms with Crippen molar-refractivity contribution in [3.8, 4) is 11.1 Å². The molecule has 0 aromatic heterocycles. The number of hydrogen-bond donors (Lipinski definition) is 0. The minimum absolute atomic E-state index is 0.335. The van der Waals surface area contributed by atoms with Crippen LogP contribution in [-0.4, -0.2) is 0 Å². The summed E-state index contributed by atoms with van der Waals surface area (Å²) in [6.45, 7) is 13.9. The van der Waals surface area contributed by atoms with Gasteiger partial charge >= 0.3 is 0 Å². The average molecular weight is 683 g/mol. The highest BCUT2D eigenvalue weighted by molar-refractivity contribution is 5.87. The van der Waals surface area contributed by atoms with Crippen molar-refractivity contribution in [2.45, 2.75) is 175 Å². The second-order valence-electron chi connectivity index (χ2n) is 16.2. The molecule has 0 saturated heterocycles. The molecular weight excluding hydrogens is 613 g/mol. The van der Waals surface area contributed by atoms with Crippen LogP contribution in [0.1, 0.15) is 186 Å². The van der Waals surface area contributed by atoms with Crippen molar-refractivity contribution in [2.75, 3.05) is 0 Å². The van der Waals surface area contributed by atoms with Crippen molar-refractivity contribution in [1.82, 2.24) is 0 Å². The van der Waals surface area contributed by atoms with E-state index in [4.69, 9.17) is 0 Å². The van der Waals surface area contributed by atoms with Gasteiger partial charge in [-0.3, -0.25) is 0 Å². The maximum Gasteiger partial charge on any atom is 0.0714 e. The second kappa shape index (κ2) is 19.6. The van der Waals surface area contributed by atoms with Gasteiger partial charge in [-0.15, -0.1) is 0 Å². The van der Waals surface area contributed by atoms with Gasteiger partial charge in [-0.25, -0.2) is 0 Å². The molecular formula is C51H70. The van der Waals surface area contributed by atoms with Crippen LogP contribution in [0.4, 0.5) is 0 Å². The molecule has 4 aromatic carbocycles. The lowest BCUT2D eigenvalue weighted by atomic mass is 9.66. The molecule has 0 aliphatic heterocycles. The highest BCUT2D eigenvalue weighted by atomic mass is 14.5. The van der Waals surface area contributed by atoms with E-state index in [-0.39, 0.29) is 5.41 Å². The maximum atomic E-state index is 2.65. The number of hydrogen-bond acceptors (Lipinski definition) is 0. The van der Waals surface area contributed by atoms with Crippen molar-refractivity contribution < 1.29 is 0 Å². The minimum atomic E-state index is -0.335. The van der Waals surface area contributed by atoms with Crippen molar-refractivity contribution in [3.05, 3.63) is 128 Å². The van der Waals surface area contributed by atoms with E-state index in [9.17, 15) is 0 Å². The van der Waals surface area contributed by atoms with Crippen LogP contribution in [0, 0.1) is 13.8 Å². The molecule has 0 radical (unpaired) electrons. The van der Waals surface area contributed by atoms with Crippen molar-refractivity contribution in [1.29, 1.82) is 0 Å². The molecule has 0 atom stereocenters. The first kappa shape index (κ1) is 39.1. The fraction of sp³-hybridized carbons (Fsp3) is 0.529. The second-order valence-corrected chi connectivity index (χ2v) is 16.2. The maximum absolute atomic E-state index is 2.65. The highest BCUT2D eigenvalue weighted by Gasteiger charge is 2.46. The smallest absolute Gasteiger partial charge is 0.0654 e. The van der Waals surface area contributed by atoms with E-state index in [0.29, 0.717) is 0 Å². The SMILES string of the molecule is CCCCCCc1cc(CCCCCC)cc(C2(c3cc(CCCCCC)cc(CCCCCC)c3)c3cc(C)ccc3-c3ccc(C)cc32)c1. The van der Waals surface area contributed by atoms with Gasteiger partial charge < -0.3 is 0 Å². The molecule has 0 bridgehead atoms. The lowest BCUT2D eigenvalue weighted by Crippen LogP contribution is -2.30. The van der Waals surface area contributed by atoms with Gasteiger partial charge in [0.2, 0.25) is 0 Å². The summed E-state index contributed by atoms with van der Waals surface area (Å²) < 4.78 is 0. The molecule has 5 rings (SSSR count). The Kier molecular flexibility index (Phi) is 15.1. The number of benzene rings is 4. The molecule has 51 heavy (non-hydrogen) atoms. The van der Waals surface area contributed by atoms with Gasteiger partial charge in [0.1, 0.15) is 0 Å². The van der Waals surface area contributed by atoms with Crippen LogP contribution in [0.5, 0.6) is 0 Å². The molecule has 0 N–H and O–H groups in total. The van der Waals surface area contributed by atoms with Crippen molar-refractivity contribution >= 4 is 0 Å². The van der Waals surface area contributed by atoms with Gasteiger partial charge in [0.15, 0.2) is 0 Å². The van der Waals surface area contributed by atoms with Crippen LogP contribution >= 0.6 is 0 Å². The first-order valence-corrected chi connectivity index (χ1v) is 21.4. The Labute approximate surface area is 313 Å². The van der Waals surface area contributed by atoms with E-state index in [1.165, 1.54) is 173 Å². The monoisotopic (exact) mass is 683 g/mol. The van der Waals surface area contributed by atoms with E-state index >= 15 is 0 Å². The summed E-state index contributed by atoms with van der Waals surface area (Å²) in [6.07, 6.45) is 25.6.